The molecule has 0 spiro atoms. The molecule has 0 bridgehead atoms. The van der Waals surface area contributed by atoms with Gasteiger partial charge in [-0.1, -0.05) is 29.3 Å². The van der Waals surface area contributed by atoms with Crippen LogP contribution in [0.15, 0.2) is 46.4 Å². The lowest BCUT2D eigenvalue weighted by atomic mass is 10.4. The first-order chi connectivity index (χ1) is 12.7. The molecular formula is C17H24Cl2IN5O2S. The van der Waals surface area contributed by atoms with Crippen LogP contribution in [0.3, 0.4) is 0 Å². The normalized spacial score (nSPS) is 11.8. The Morgan fingerprint density at radius 2 is 1.93 bits per heavy atom. The molecule has 2 rings (SSSR count). The Morgan fingerprint density at radius 1 is 1.21 bits per heavy atom. The zero-order valence-electron chi connectivity index (χ0n) is 15.8. The van der Waals surface area contributed by atoms with Gasteiger partial charge in [0.05, 0.1) is 16.5 Å². The summed E-state index contributed by atoms with van der Waals surface area (Å²) in [7, 11) is 1.89. The van der Waals surface area contributed by atoms with Gasteiger partial charge in [0.2, 0.25) is 10.0 Å². The summed E-state index contributed by atoms with van der Waals surface area (Å²) in [5, 5.41) is 4.19. The quantitative estimate of drug-likeness (QED) is 0.237. The summed E-state index contributed by atoms with van der Waals surface area (Å²) in [5.41, 5.74) is 1.03. The highest BCUT2D eigenvalue weighted by Gasteiger charge is 2.14. The highest BCUT2D eigenvalue weighted by Crippen LogP contribution is 2.15. The van der Waals surface area contributed by atoms with Gasteiger partial charge < -0.3 is 14.8 Å². The number of aryl methyl sites for hydroxylation is 1. The number of nitrogens with zero attached hydrogens (tertiary/aromatic N) is 3. The van der Waals surface area contributed by atoms with Crippen molar-refractivity contribution in [3.63, 3.8) is 0 Å². The van der Waals surface area contributed by atoms with Crippen LogP contribution in [0.25, 0.3) is 0 Å². The number of nitrogens with one attached hydrogen (secondary N) is 2. The van der Waals surface area contributed by atoms with E-state index in [2.05, 4.69) is 15.0 Å². The van der Waals surface area contributed by atoms with Gasteiger partial charge in [-0.3, -0.25) is 4.99 Å². The second-order valence-electron chi connectivity index (χ2n) is 5.95. The maximum Gasteiger partial charge on any atom is 0.240 e. The molecule has 156 valence electrons. The van der Waals surface area contributed by atoms with Gasteiger partial charge in [0, 0.05) is 51.1 Å². The number of sulfonamides is 1. The third-order valence-electron chi connectivity index (χ3n) is 3.85. The van der Waals surface area contributed by atoms with E-state index in [4.69, 9.17) is 23.2 Å². The third kappa shape index (κ3) is 7.11. The van der Waals surface area contributed by atoms with E-state index in [0.717, 1.165) is 5.69 Å². The molecule has 1 aromatic heterocycles. The zero-order chi connectivity index (χ0) is 20.0. The van der Waals surface area contributed by atoms with Crippen LogP contribution in [-0.2, 0) is 23.6 Å². The van der Waals surface area contributed by atoms with Gasteiger partial charge in [-0.25, -0.2) is 13.1 Å². The van der Waals surface area contributed by atoms with E-state index in [1.807, 2.05) is 35.8 Å². The molecule has 0 saturated heterocycles. The van der Waals surface area contributed by atoms with Crippen LogP contribution in [-0.4, -0.2) is 51.0 Å². The molecule has 0 aliphatic heterocycles. The van der Waals surface area contributed by atoms with Gasteiger partial charge in [0.1, 0.15) is 0 Å². The first-order valence-corrected chi connectivity index (χ1v) is 10.4. The van der Waals surface area contributed by atoms with Crippen molar-refractivity contribution in [2.75, 3.05) is 27.2 Å². The summed E-state index contributed by atoms with van der Waals surface area (Å²) in [6.45, 7) is 1.19. The fourth-order valence-corrected chi connectivity index (χ4v) is 4.11. The first-order valence-electron chi connectivity index (χ1n) is 8.20. The predicted octanol–water partition coefficient (Wildman–Crippen LogP) is 2.94. The van der Waals surface area contributed by atoms with Gasteiger partial charge in [-0.2, -0.15) is 0 Å². The maximum absolute atomic E-state index is 12.3. The number of aliphatic imine (C=N–C) groups is 1. The average molecular weight is 560 g/mol. The summed E-state index contributed by atoms with van der Waals surface area (Å²) < 4.78 is 29.0. The lowest BCUT2D eigenvalue weighted by Gasteiger charge is -2.22. The summed E-state index contributed by atoms with van der Waals surface area (Å²) in [4.78, 5) is 6.28. The second-order valence-corrected chi connectivity index (χ2v) is 8.59. The van der Waals surface area contributed by atoms with Crippen LogP contribution in [0.5, 0.6) is 0 Å². The summed E-state index contributed by atoms with van der Waals surface area (Å²) in [5.74, 6) is 0.647. The van der Waals surface area contributed by atoms with E-state index < -0.39 is 10.0 Å². The van der Waals surface area contributed by atoms with Crippen LogP contribution >= 0.6 is 47.2 Å². The van der Waals surface area contributed by atoms with Gasteiger partial charge in [-0.05, 0) is 24.3 Å². The molecule has 0 unspecified atom stereocenters. The second kappa shape index (κ2) is 11.2. The average Bonchev–Trinajstić information content (AvgIpc) is 2.92. The van der Waals surface area contributed by atoms with Gasteiger partial charge >= 0.3 is 0 Å². The van der Waals surface area contributed by atoms with Crippen molar-refractivity contribution in [1.29, 1.82) is 0 Å². The topological polar surface area (TPSA) is 78.7 Å². The maximum atomic E-state index is 12.3. The Balaban J connectivity index is 0.00000392. The van der Waals surface area contributed by atoms with Crippen molar-refractivity contribution in [3.05, 3.63) is 52.3 Å². The van der Waals surface area contributed by atoms with Gasteiger partial charge in [-0.15, -0.1) is 24.0 Å². The molecular weight excluding hydrogens is 536 g/mol. The lowest BCUT2D eigenvalue weighted by Crippen LogP contribution is -2.42. The minimum atomic E-state index is -3.61. The number of guanidine groups is 1. The Hall–Kier alpha value is -1.01. The van der Waals surface area contributed by atoms with Crippen LogP contribution in [0, 0.1) is 0 Å². The molecule has 0 aliphatic carbocycles. The standard InChI is InChI=1S/C17H23Cl2N5O2S.HI/c1-20-17(24(3)12-15-9-14(19)11-23(15)2)21-7-8-22-27(25,26)16-6-4-5-13(18)10-16;/h4-6,9-11,22H,7-8,12H2,1-3H3,(H,20,21);1H. The molecule has 2 aromatic rings. The number of halogens is 3. The number of rotatable bonds is 7. The van der Waals surface area contributed by atoms with Crippen molar-refractivity contribution in [2.45, 2.75) is 11.4 Å². The van der Waals surface area contributed by atoms with Crippen LogP contribution < -0.4 is 10.0 Å². The lowest BCUT2D eigenvalue weighted by molar-refractivity contribution is 0.462. The SMILES string of the molecule is CN=C(NCCNS(=O)(=O)c1cccc(Cl)c1)N(C)Cc1cc(Cl)cn1C.I. The van der Waals surface area contributed by atoms with Crippen molar-refractivity contribution in [1.82, 2.24) is 19.5 Å². The zero-order valence-corrected chi connectivity index (χ0v) is 20.5. The van der Waals surface area contributed by atoms with Gasteiger partial charge in [0.25, 0.3) is 0 Å². The van der Waals surface area contributed by atoms with Gasteiger partial charge in [0.15, 0.2) is 5.96 Å². The number of hydrogen-bond donors (Lipinski definition) is 2. The summed E-state index contributed by atoms with van der Waals surface area (Å²) in [6.07, 6.45) is 1.84. The Kier molecular flexibility index (Phi) is 10.1. The highest BCUT2D eigenvalue weighted by atomic mass is 127. The fraction of sp³-hybridized carbons (Fsp3) is 0.353. The van der Waals surface area contributed by atoms with Crippen LogP contribution in [0.4, 0.5) is 0 Å². The van der Waals surface area contributed by atoms with E-state index in [9.17, 15) is 8.42 Å². The number of aromatic nitrogens is 1. The smallest absolute Gasteiger partial charge is 0.240 e. The Morgan fingerprint density at radius 3 is 2.50 bits per heavy atom. The molecule has 1 aromatic carbocycles. The predicted molar refractivity (Wildman–Crippen MR) is 125 cm³/mol. The third-order valence-corrected chi connectivity index (χ3v) is 5.75. The molecule has 28 heavy (non-hydrogen) atoms. The Labute approximate surface area is 193 Å². The fourth-order valence-electron chi connectivity index (χ4n) is 2.50. The minimum absolute atomic E-state index is 0. The van der Waals surface area contributed by atoms with Crippen molar-refractivity contribution >= 4 is 63.2 Å². The monoisotopic (exact) mass is 559 g/mol. The molecule has 0 radical (unpaired) electrons. The van der Waals surface area contributed by atoms with E-state index in [1.165, 1.54) is 12.1 Å². The van der Waals surface area contributed by atoms with Crippen LogP contribution in [0.1, 0.15) is 5.69 Å². The number of hydrogen-bond acceptors (Lipinski definition) is 3. The van der Waals surface area contributed by atoms with Crippen molar-refractivity contribution in [2.24, 2.45) is 12.0 Å². The molecule has 0 saturated carbocycles. The molecule has 0 fully saturated rings. The molecule has 7 nitrogen and oxygen atoms in total. The number of benzene rings is 1. The summed E-state index contributed by atoms with van der Waals surface area (Å²) in [6, 6.07) is 8.03. The molecule has 0 amide bonds. The minimum Gasteiger partial charge on any atom is -0.355 e. The Bertz CT molecular complexity index is 918. The van der Waals surface area contributed by atoms with Crippen molar-refractivity contribution in [3.8, 4) is 0 Å². The van der Waals surface area contributed by atoms with Crippen molar-refractivity contribution < 1.29 is 8.42 Å². The molecule has 0 atom stereocenters. The largest absolute Gasteiger partial charge is 0.355 e. The highest BCUT2D eigenvalue weighted by molar-refractivity contribution is 14.0. The van der Waals surface area contributed by atoms with E-state index in [0.29, 0.717) is 29.1 Å². The van der Waals surface area contributed by atoms with E-state index >= 15 is 0 Å². The molecule has 11 heteroatoms. The first kappa shape index (κ1) is 25.0. The molecule has 1 heterocycles. The van der Waals surface area contributed by atoms with Crippen LogP contribution in [0.2, 0.25) is 10.0 Å². The molecule has 2 N–H and O–H groups in total. The van der Waals surface area contributed by atoms with E-state index in [1.54, 1.807) is 19.2 Å². The molecule has 0 aliphatic rings. The van der Waals surface area contributed by atoms with E-state index in [-0.39, 0.29) is 35.4 Å². The summed E-state index contributed by atoms with van der Waals surface area (Å²) >= 11 is 11.9.